The van der Waals surface area contributed by atoms with Crippen LogP contribution in [0.3, 0.4) is 0 Å². The Balaban J connectivity index is 1.85. The molecule has 120 valence electrons. The predicted molar refractivity (Wildman–Crippen MR) is 89.0 cm³/mol. The van der Waals surface area contributed by atoms with E-state index in [-0.39, 0.29) is 12.5 Å². The van der Waals surface area contributed by atoms with Gasteiger partial charge in [-0.25, -0.2) is 4.79 Å². The Hall–Kier alpha value is -2.84. The monoisotopic (exact) mass is 339 g/mol. The molecule has 0 aliphatic carbocycles. The number of hydrogen-bond donors (Lipinski definition) is 1. The summed E-state index contributed by atoms with van der Waals surface area (Å²) in [5, 5.41) is 12.1. The van der Waals surface area contributed by atoms with Crippen molar-refractivity contribution >= 4 is 23.5 Å². The van der Waals surface area contributed by atoms with Gasteiger partial charge in [0.2, 0.25) is 0 Å². The second-order valence-corrected chi connectivity index (χ2v) is 6.20. The third-order valence-electron chi connectivity index (χ3n) is 4.12. The number of urea groups is 1. The van der Waals surface area contributed by atoms with Gasteiger partial charge < -0.3 is 5.32 Å². The van der Waals surface area contributed by atoms with Crippen LogP contribution >= 0.6 is 11.6 Å². The zero-order chi connectivity index (χ0) is 17.3. The molecular formula is C18H14ClN3O2. The number of nitriles is 1. The molecule has 0 bridgehead atoms. The quantitative estimate of drug-likeness (QED) is 0.873. The van der Waals surface area contributed by atoms with Crippen molar-refractivity contribution < 1.29 is 9.59 Å². The van der Waals surface area contributed by atoms with Crippen LogP contribution in [0.1, 0.15) is 23.6 Å². The van der Waals surface area contributed by atoms with E-state index in [1.165, 1.54) is 4.90 Å². The van der Waals surface area contributed by atoms with Crippen LogP contribution in [0.2, 0.25) is 5.02 Å². The van der Waals surface area contributed by atoms with E-state index in [1.54, 1.807) is 55.5 Å². The summed E-state index contributed by atoms with van der Waals surface area (Å²) in [5.74, 6) is -0.320. The fraction of sp³-hybridized carbons (Fsp3) is 0.167. The third kappa shape index (κ3) is 2.72. The normalized spacial score (nSPS) is 20.0. The van der Waals surface area contributed by atoms with Crippen molar-refractivity contribution in [3.8, 4) is 6.07 Å². The highest BCUT2D eigenvalue weighted by molar-refractivity contribution is 6.30. The second-order valence-electron chi connectivity index (χ2n) is 5.76. The lowest BCUT2D eigenvalue weighted by molar-refractivity contribution is -0.131. The molecule has 0 aromatic heterocycles. The van der Waals surface area contributed by atoms with Crippen LogP contribution in [-0.4, -0.2) is 16.8 Å². The van der Waals surface area contributed by atoms with Gasteiger partial charge in [-0.15, -0.1) is 0 Å². The molecule has 2 aromatic carbocycles. The molecular weight excluding hydrogens is 326 g/mol. The minimum absolute atomic E-state index is 0.152. The lowest BCUT2D eigenvalue weighted by atomic mass is 9.92. The molecule has 1 N–H and O–H groups in total. The molecule has 24 heavy (non-hydrogen) atoms. The summed E-state index contributed by atoms with van der Waals surface area (Å²) in [5.41, 5.74) is 0.862. The lowest BCUT2D eigenvalue weighted by Gasteiger charge is -2.22. The van der Waals surface area contributed by atoms with E-state index in [9.17, 15) is 9.59 Å². The van der Waals surface area contributed by atoms with E-state index in [0.29, 0.717) is 16.1 Å². The van der Waals surface area contributed by atoms with Gasteiger partial charge in [0.25, 0.3) is 5.91 Å². The number of imide groups is 1. The average Bonchev–Trinajstić information content (AvgIpc) is 2.80. The first-order valence-corrected chi connectivity index (χ1v) is 7.71. The Labute approximate surface area is 144 Å². The molecule has 2 aromatic rings. The van der Waals surface area contributed by atoms with E-state index in [2.05, 4.69) is 5.32 Å². The Bertz CT molecular complexity index is 840. The van der Waals surface area contributed by atoms with Crippen molar-refractivity contribution in [2.45, 2.75) is 19.0 Å². The second kappa shape index (κ2) is 5.99. The number of nitrogens with zero attached hydrogens (tertiary/aromatic N) is 2. The number of nitrogens with one attached hydrogen (secondary N) is 1. The first-order chi connectivity index (χ1) is 11.4. The van der Waals surface area contributed by atoms with Crippen molar-refractivity contribution in [3.05, 3.63) is 70.2 Å². The van der Waals surface area contributed by atoms with Gasteiger partial charge in [0.05, 0.1) is 18.2 Å². The Kier molecular flexibility index (Phi) is 4.00. The standard InChI is InChI=1S/C18H14ClN3O2/c1-18(14-6-8-15(19)9-7-14)16(23)22(17(24)21-18)11-13-4-2-12(10-20)3-5-13/h2-9H,11H2,1H3,(H,21,24). The van der Waals surface area contributed by atoms with Gasteiger partial charge in [-0.2, -0.15) is 5.26 Å². The van der Waals surface area contributed by atoms with Crippen molar-refractivity contribution in [1.29, 1.82) is 5.26 Å². The highest BCUT2D eigenvalue weighted by Crippen LogP contribution is 2.30. The number of rotatable bonds is 3. The summed E-state index contributed by atoms with van der Waals surface area (Å²) in [6.07, 6.45) is 0. The summed E-state index contributed by atoms with van der Waals surface area (Å²) < 4.78 is 0. The minimum Gasteiger partial charge on any atom is -0.319 e. The largest absolute Gasteiger partial charge is 0.325 e. The molecule has 1 saturated heterocycles. The van der Waals surface area contributed by atoms with Gasteiger partial charge in [-0.3, -0.25) is 9.69 Å². The van der Waals surface area contributed by atoms with Gasteiger partial charge in [-0.05, 0) is 42.3 Å². The molecule has 3 rings (SSSR count). The smallest absolute Gasteiger partial charge is 0.319 e. The van der Waals surface area contributed by atoms with Crippen LogP contribution in [0.4, 0.5) is 4.79 Å². The zero-order valence-electron chi connectivity index (χ0n) is 12.9. The van der Waals surface area contributed by atoms with Crippen LogP contribution in [-0.2, 0) is 16.9 Å². The molecule has 5 nitrogen and oxygen atoms in total. The molecule has 1 aliphatic rings. The first kappa shape index (κ1) is 16.0. The highest BCUT2D eigenvalue weighted by atomic mass is 35.5. The topological polar surface area (TPSA) is 73.2 Å². The number of carbonyl (C=O) groups is 2. The van der Waals surface area contributed by atoms with Gasteiger partial charge in [0.15, 0.2) is 0 Å². The Morgan fingerprint density at radius 1 is 1.12 bits per heavy atom. The van der Waals surface area contributed by atoms with E-state index < -0.39 is 11.6 Å². The summed E-state index contributed by atoms with van der Waals surface area (Å²) in [7, 11) is 0. The maximum atomic E-state index is 12.8. The summed E-state index contributed by atoms with van der Waals surface area (Å²) in [6, 6.07) is 15.2. The van der Waals surface area contributed by atoms with Crippen LogP contribution in [0.5, 0.6) is 0 Å². The van der Waals surface area contributed by atoms with Crippen molar-refractivity contribution in [3.63, 3.8) is 0 Å². The van der Waals surface area contributed by atoms with E-state index >= 15 is 0 Å². The van der Waals surface area contributed by atoms with Gasteiger partial charge in [0, 0.05) is 5.02 Å². The summed E-state index contributed by atoms with van der Waals surface area (Å²) in [6.45, 7) is 1.83. The average molecular weight is 340 g/mol. The third-order valence-corrected chi connectivity index (χ3v) is 4.37. The molecule has 1 atom stereocenters. The number of halogens is 1. The summed E-state index contributed by atoms with van der Waals surface area (Å²) >= 11 is 5.88. The van der Waals surface area contributed by atoms with Gasteiger partial charge >= 0.3 is 6.03 Å². The molecule has 0 radical (unpaired) electrons. The lowest BCUT2D eigenvalue weighted by Crippen LogP contribution is -2.40. The van der Waals surface area contributed by atoms with Crippen molar-refractivity contribution in [1.82, 2.24) is 10.2 Å². The Morgan fingerprint density at radius 2 is 1.75 bits per heavy atom. The van der Waals surface area contributed by atoms with Crippen LogP contribution < -0.4 is 5.32 Å². The van der Waals surface area contributed by atoms with Crippen LogP contribution in [0, 0.1) is 11.3 Å². The molecule has 1 fully saturated rings. The maximum Gasteiger partial charge on any atom is 0.325 e. The number of benzene rings is 2. The number of hydrogen-bond acceptors (Lipinski definition) is 3. The highest BCUT2D eigenvalue weighted by Gasteiger charge is 2.48. The van der Waals surface area contributed by atoms with Gasteiger partial charge in [-0.1, -0.05) is 35.9 Å². The summed E-state index contributed by atoms with van der Waals surface area (Å²) in [4.78, 5) is 26.3. The maximum absolute atomic E-state index is 12.8. The number of amides is 3. The fourth-order valence-electron chi connectivity index (χ4n) is 2.69. The van der Waals surface area contributed by atoms with Crippen LogP contribution in [0.25, 0.3) is 0 Å². The number of carbonyl (C=O) groups excluding carboxylic acids is 2. The van der Waals surface area contributed by atoms with Gasteiger partial charge in [0.1, 0.15) is 5.54 Å². The zero-order valence-corrected chi connectivity index (χ0v) is 13.7. The predicted octanol–water partition coefficient (Wildman–Crippen LogP) is 3.18. The van der Waals surface area contributed by atoms with Crippen molar-refractivity contribution in [2.75, 3.05) is 0 Å². The van der Waals surface area contributed by atoms with E-state index in [4.69, 9.17) is 16.9 Å². The van der Waals surface area contributed by atoms with E-state index in [1.807, 2.05) is 6.07 Å². The Morgan fingerprint density at radius 3 is 2.33 bits per heavy atom. The molecule has 1 heterocycles. The SMILES string of the molecule is CC1(c2ccc(Cl)cc2)NC(=O)N(Cc2ccc(C#N)cc2)C1=O. The van der Waals surface area contributed by atoms with Crippen LogP contribution in [0.15, 0.2) is 48.5 Å². The molecule has 0 saturated carbocycles. The van der Waals surface area contributed by atoms with Crippen molar-refractivity contribution in [2.24, 2.45) is 0 Å². The first-order valence-electron chi connectivity index (χ1n) is 7.33. The molecule has 0 spiro atoms. The molecule has 3 amide bonds. The fourth-order valence-corrected chi connectivity index (χ4v) is 2.81. The van der Waals surface area contributed by atoms with E-state index in [0.717, 1.165) is 5.56 Å². The minimum atomic E-state index is -1.12. The molecule has 1 aliphatic heterocycles. The molecule has 1 unspecified atom stereocenters. The molecule has 6 heteroatoms.